The van der Waals surface area contributed by atoms with Crippen LogP contribution < -0.4 is 15.5 Å². The largest absolute Gasteiger partial charge is 0.378 e. The van der Waals surface area contributed by atoms with Gasteiger partial charge in [0.15, 0.2) is 5.13 Å². The Hall–Kier alpha value is -2.12. The fourth-order valence-electron chi connectivity index (χ4n) is 2.62. The van der Waals surface area contributed by atoms with Crippen LogP contribution >= 0.6 is 11.3 Å². The van der Waals surface area contributed by atoms with E-state index in [0.717, 1.165) is 50.0 Å². The van der Waals surface area contributed by atoms with Crippen LogP contribution in [0.15, 0.2) is 29.6 Å². The van der Waals surface area contributed by atoms with Crippen LogP contribution in [0.5, 0.6) is 0 Å². The van der Waals surface area contributed by atoms with Crippen LogP contribution in [0.4, 0.5) is 16.5 Å². The predicted octanol–water partition coefficient (Wildman–Crippen LogP) is 2.62. The van der Waals surface area contributed by atoms with Gasteiger partial charge in [0.05, 0.1) is 13.2 Å². The number of morpholine rings is 1. The van der Waals surface area contributed by atoms with E-state index in [1.165, 1.54) is 17.0 Å². The van der Waals surface area contributed by atoms with Gasteiger partial charge in [-0.05, 0) is 37.1 Å². The molecule has 126 valence electrons. The zero-order valence-corrected chi connectivity index (χ0v) is 14.1. The Morgan fingerprint density at radius 2 is 1.96 bits per heavy atom. The normalized spacial score (nSPS) is 17.6. The average Bonchev–Trinajstić information content (AvgIpc) is 3.31. The summed E-state index contributed by atoms with van der Waals surface area (Å²) in [7, 11) is 0. The number of anilines is 3. The highest BCUT2D eigenvalue weighted by Crippen LogP contribution is 2.25. The van der Waals surface area contributed by atoms with Gasteiger partial charge >= 0.3 is 0 Å². The summed E-state index contributed by atoms with van der Waals surface area (Å²) in [6.45, 7) is 3.42. The fourth-order valence-corrected chi connectivity index (χ4v) is 3.33. The van der Waals surface area contributed by atoms with Crippen molar-refractivity contribution in [2.75, 3.05) is 36.5 Å². The summed E-state index contributed by atoms with van der Waals surface area (Å²) in [5.41, 5.74) is 2.65. The number of rotatable bonds is 5. The summed E-state index contributed by atoms with van der Waals surface area (Å²) < 4.78 is 5.38. The Morgan fingerprint density at radius 3 is 2.67 bits per heavy atom. The number of benzene rings is 1. The van der Waals surface area contributed by atoms with Gasteiger partial charge in [0.2, 0.25) is 0 Å². The van der Waals surface area contributed by atoms with Crippen LogP contribution in [0.1, 0.15) is 23.3 Å². The number of thiazole rings is 1. The Balaban J connectivity index is 1.38. The third-order valence-electron chi connectivity index (χ3n) is 4.14. The Morgan fingerprint density at radius 1 is 1.21 bits per heavy atom. The van der Waals surface area contributed by atoms with Crippen LogP contribution in [0.3, 0.4) is 0 Å². The number of carbonyl (C=O) groups is 1. The summed E-state index contributed by atoms with van der Waals surface area (Å²) in [4.78, 5) is 18.7. The highest BCUT2D eigenvalue weighted by atomic mass is 32.1. The molecule has 0 radical (unpaired) electrons. The molecule has 0 atom stereocenters. The number of carbonyl (C=O) groups excluding carboxylic acids is 1. The van der Waals surface area contributed by atoms with E-state index in [0.29, 0.717) is 11.7 Å². The number of nitrogens with zero attached hydrogens (tertiary/aromatic N) is 2. The van der Waals surface area contributed by atoms with Crippen LogP contribution in [-0.4, -0.2) is 43.2 Å². The van der Waals surface area contributed by atoms with Gasteiger partial charge in [-0.2, -0.15) is 0 Å². The third-order valence-corrected chi connectivity index (χ3v) is 4.90. The number of ether oxygens (including phenoxy) is 1. The first-order valence-corrected chi connectivity index (χ1v) is 9.12. The predicted molar refractivity (Wildman–Crippen MR) is 95.4 cm³/mol. The molecule has 2 heterocycles. The molecule has 24 heavy (non-hydrogen) atoms. The smallest absolute Gasteiger partial charge is 0.271 e. The molecule has 1 aliphatic heterocycles. The lowest BCUT2D eigenvalue weighted by Crippen LogP contribution is -2.36. The first kappa shape index (κ1) is 15.4. The molecule has 4 rings (SSSR count). The van der Waals surface area contributed by atoms with Gasteiger partial charge in [-0.3, -0.25) is 4.79 Å². The summed E-state index contributed by atoms with van der Waals surface area (Å²) in [5, 5.41) is 8.74. The molecule has 2 fully saturated rings. The molecular weight excluding hydrogens is 324 g/mol. The van der Waals surface area contributed by atoms with Crippen molar-refractivity contribution in [3.8, 4) is 0 Å². The Labute approximate surface area is 144 Å². The molecule has 2 N–H and O–H groups in total. The van der Waals surface area contributed by atoms with Crippen molar-refractivity contribution in [1.29, 1.82) is 0 Å². The lowest BCUT2D eigenvalue weighted by atomic mass is 10.2. The average molecular weight is 344 g/mol. The molecule has 1 saturated carbocycles. The van der Waals surface area contributed by atoms with Crippen molar-refractivity contribution in [1.82, 2.24) is 10.3 Å². The maximum Gasteiger partial charge on any atom is 0.271 e. The molecule has 6 nitrogen and oxygen atoms in total. The fraction of sp³-hybridized carbons (Fsp3) is 0.412. The van der Waals surface area contributed by atoms with E-state index in [1.54, 1.807) is 5.38 Å². The standard InChI is InChI=1S/C17H20N4O2S/c22-16(18-12-1-2-12)15-11-24-17(20-15)19-13-3-5-14(6-4-13)21-7-9-23-10-8-21/h3-6,11-12H,1-2,7-10H2,(H,18,22)(H,19,20). The molecule has 1 saturated heterocycles. The number of hydrogen-bond acceptors (Lipinski definition) is 6. The molecule has 2 aliphatic rings. The van der Waals surface area contributed by atoms with Crippen LogP contribution in [0.2, 0.25) is 0 Å². The van der Waals surface area contributed by atoms with Crippen molar-refractivity contribution in [3.05, 3.63) is 35.3 Å². The lowest BCUT2D eigenvalue weighted by molar-refractivity contribution is 0.0947. The summed E-state index contributed by atoms with van der Waals surface area (Å²) in [6, 6.07) is 8.62. The second-order valence-electron chi connectivity index (χ2n) is 6.06. The first-order valence-electron chi connectivity index (χ1n) is 8.24. The number of hydrogen-bond donors (Lipinski definition) is 2. The Kier molecular flexibility index (Phi) is 4.36. The van der Waals surface area contributed by atoms with E-state index in [1.807, 2.05) is 12.1 Å². The highest BCUT2D eigenvalue weighted by molar-refractivity contribution is 7.14. The first-order chi connectivity index (χ1) is 11.8. The molecular formula is C17H20N4O2S. The molecule has 0 unspecified atom stereocenters. The van der Waals surface area contributed by atoms with Crippen molar-refractivity contribution in [2.45, 2.75) is 18.9 Å². The molecule has 1 aliphatic carbocycles. The van der Waals surface area contributed by atoms with Gasteiger partial charge < -0.3 is 20.3 Å². The van der Waals surface area contributed by atoms with E-state index in [-0.39, 0.29) is 5.91 Å². The van der Waals surface area contributed by atoms with Crippen molar-refractivity contribution < 1.29 is 9.53 Å². The van der Waals surface area contributed by atoms with Gasteiger partial charge in [0.1, 0.15) is 5.69 Å². The number of nitrogens with one attached hydrogen (secondary N) is 2. The third kappa shape index (κ3) is 3.68. The van der Waals surface area contributed by atoms with Gasteiger partial charge in [-0.25, -0.2) is 4.98 Å². The van der Waals surface area contributed by atoms with E-state index in [4.69, 9.17) is 4.74 Å². The SMILES string of the molecule is O=C(NC1CC1)c1csc(Nc2ccc(N3CCOCC3)cc2)n1. The zero-order chi connectivity index (χ0) is 16.4. The van der Waals surface area contributed by atoms with Gasteiger partial charge in [0.25, 0.3) is 5.91 Å². The van der Waals surface area contributed by atoms with E-state index >= 15 is 0 Å². The maximum atomic E-state index is 12.0. The number of aromatic nitrogens is 1. The minimum atomic E-state index is -0.0792. The van der Waals surface area contributed by atoms with Gasteiger partial charge in [0, 0.05) is 35.9 Å². The second-order valence-corrected chi connectivity index (χ2v) is 6.92. The maximum absolute atomic E-state index is 12.0. The highest BCUT2D eigenvalue weighted by Gasteiger charge is 2.24. The zero-order valence-electron chi connectivity index (χ0n) is 13.3. The van der Waals surface area contributed by atoms with Crippen LogP contribution in [0.25, 0.3) is 0 Å². The quantitative estimate of drug-likeness (QED) is 0.873. The van der Waals surface area contributed by atoms with Crippen molar-refractivity contribution in [3.63, 3.8) is 0 Å². The van der Waals surface area contributed by atoms with Crippen molar-refractivity contribution in [2.24, 2.45) is 0 Å². The van der Waals surface area contributed by atoms with Crippen LogP contribution in [0, 0.1) is 0 Å². The molecule has 2 aromatic rings. The molecule has 1 aromatic carbocycles. The van der Waals surface area contributed by atoms with Gasteiger partial charge in [-0.15, -0.1) is 11.3 Å². The molecule has 0 bridgehead atoms. The molecule has 0 spiro atoms. The molecule has 1 aromatic heterocycles. The van der Waals surface area contributed by atoms with E-state index in [2.05, 4.69) is 32.7 Å². The molecule has 1 amide bonds. The summed E-state index contributed by atoms with van der Waals surface area (Å²) in [6.07, 6.45) is 2.16. The second kappa shape index (κ2) is 6.78. The van der Waals surface area contributed by atoms with Gasteiger partial charge in [-0.1, -0.05) is 0 Å². The van der Waals surface area contributed by atoms with Crippen molar-refractivity contribution >= 4 is 33.8 Å². The van der Waals surface area contributed by atoms with E-state index < -0.39 is 0 Å². The molecule has 7 heteroatoms. The van der Waals surface area contributed by atoms with E-state index in [9.17, 15) is 4.79 Å². The van der Waals surface area contributed by atoms with Crippen LogP contribution in [-0.2, 0) is 4.74 Å². The summed E-state index contributed by atoms with van der Waals surface area (Å²) in [5.74, 6) is -0.0792. The Bertz CT molecular complexity index is 706. The monoisotopic (exact) mass is 344 g/mol. The minimum absolute atomic E-state index is 0.0792. The topological polar surface area (TPSA) is 66.5 Å². The minimum Gasteiger partial charge on any atom is -0.378 e. The number of amides is 1. The lowest BCUT2D eigenvalue weighted by Gasteiger charge is -2.28. The summed E-state index contributed by atoms with van der Waals surface area (Å²) >= 11 is 1.44.